The molecule has 0 saturated carbocycles. The zero-order valence-electron chi connectivity index (χ0n) is 10.7. The molecule has 0 aliphatic heterocycles. The number of halogens is 1. The highest BCUT2D eigenvalue weighted by atomic mass is 35.5. The monoisotopic (exact) mass is 299 g/mol. The SMILES string of the molecule is COC(=O)CC(C)S(=O)Cc1ccc(C#N)cc1Cl. The number of methoxy groups -OCH3 is 1. The van der Waals surface area contributed by atoms with E-state index in [1.807, 2.05) is 6.07 Å². The number of carbonyl (C=O) groups excluding carboxylic acids is 1. The van der Waals surface area contributed by atoms with Crippen LogP contribution in [0.15, 0.2) is 18.2 Å². The molecule has 1 aromatic carbocycles. The van der Waals surface area contributed by atoms with Crippen molar-refractivity contribution in [3.63, 3.8) is 0 Å². The third-order valence-electron chi connectivity index (χ3n) is 2.61. The Bertz CT molecular complexity index is 539. The number of hydrogen-bond acceptors (Lipinski definition) is 4. The van der Waals surface area contributed by atoms with Gasteiger partial charge >= 0.3 is 5.97 Å². The van der Waals surface area contributed by atoms with Crippen molar-refractivity contribution in [2.45, 2.75) is 24.3 Å². The van der Waals surface area contributed by atoms with Gasteiger partial charge in [-0.3, -0.25) is 9.00 Å². The van der Waals surface area contributed by atoms with Gasteiger partial charge in [0, 0.05) is 21.1 Å². The predicted octanol–water partition coefficient (Wildman–Crippen LogP) is 2.41. The quantitative estimate of drug-likeness (QED) is 0.783. The normalized spacial score (nSPS) is 13.4. The molecule has 4 nitrogen and oxygen atoms in total. The number of esters is 1. The molecule has 19 heavy (non-hydrogen) atoms. The van der Waals surface area contributed by atoms with Gasteiger partial charge in [0.25, 0.3) is 0 Å². The lowest BCUT2D eigenvalue weighted by atomic mass is 10.2. The third kappa shape index (κ3) is 4.66. The van der Waals surface area contributed by atoms with Crippen molar-refractivity contribution < 1.29 is 13.7 Å². The summed E-state index contributed by atoms with van der Waals surface area (Å²) in [5.41, 5.74) is 1.16. The Kier molecular flexibility index (Phi) is 6.00. The molecule has 0 spiro atoms. The maximum Gasteiger partial charge on any atom is 0.306 e. The van der Waals surface area contributed by atoms with Gasteiger partial charge in [-0.1, -0.05) is 24.6 Å². The summed E-state index contributed by atoms with van der Waals surface area (Å²) in [6.45, 7) is 1.73. The van der Waals surface area contributed by atoms with Gasteiger partial charge < -0.3 is 4.74 Å². The number of benzene rings is 1. The highest BCUT2D eigenvalue weighted by molar-refractivity contribution is 7.84. The smallest absolute Gasteiger partial charge is 0.306 e. The van der Waals surface area contributed by atoms with Gasteiger partial charge in [-0.25, -0.2) is 0 Å². The highest BCUT2D eigenvalue weighted by Gasteiger charge is 2.17. The summed E-state index contributed by atoms with van der Waals surface area (Å²) in [5.74, 6) is -0.130. The molecule has 0 amide bonds. The van der Waals surface area contributed by atoms with Gasteiger partial charge in [0.15, 0.2) is 0 Å². The van der Waals surface area contributed by atoms with E-state index in [9.17, 15) is 9.00 Å². The number of rotatable bonds is 5. The Labute approximate surface area is 119 Å². The van der Waals surface area contributed by atoms with Crippen LogP contribution in [0.2, 0.25) is 5.02 Å². The molecule has 0 radical (unpaired) electrons. The van der Waals surface area contributed by atoms with Gasteiger partial charge in [0.1, 0.15) is 0 Å². The van der Waals surface area contributed by atoms with E-state index in [-0.39, 0.29) is 23.4 Å². The first kappa shape index (κ1) is 15.7. The molecule has 0 bridgehead atoms. The highest BCUT2D eigenvalue weighted by Crippen LogP contribution is 2.20. The van der Waals surface area contributed by atoms with Crippen molar-refractivity contribution in [3.05, 3.63) is 34.3 Å². The topological polar surface area (TPSA) is 67.2 Å². The van der Waals surface area contributed by atoms with Crippen LogP contribution >= 0.6 is 11.6 Å². The summed E-state index contributed by atoms with van der Waals surface area (Å²) in [5, 5.41) is 8.84. The fraction of sp³-hybridized carbons (Fsp3) is 0.385. The van der Waals surface area contributed by atoms with E-state index in [2.05, 4.69) is 4.74 Å². The molecule has 0 aliphatic carbocycles. The molecule has 0 fully saturated rings. The molecular weight excluding hydrogens is 286 g/mol. The lowest BCUT2D eigenvalue weighted by Crippen LogP contribution is -2.18. The Morgan fingerprint density at radius 2 is 2.26 bits per heavy atom. The van der Waals surface area contributed by atoms with Gasteiger partial charge in [0.2, 0.25) is 0 Å². The molecular formula is C13H14ClNO3S. The van der Waals surface area contributed by atoms with Crippen LogP contribution in [0, 0.1) is 11.3 Å². The van der Waals surface area contributed by atoms with E-state index in [0.29, 0.717) is 16.1 Å². The third-order valence-corrected chi connectivity index (χ3v) is 4.62. The second-order valence-corrected chi connectivity index (χ2v) is 6.30. The first-order chi connectivity index (χ1) is 8.97. The number of nitriles is 1. The Morgan fingerprint density at radius 1 is 1.58 bits per heavy atom. The Hall–Kier alpha value is -1.38. The van der Waals surface area contributed by atoms with E-state index in [0.717, 1.165) is 0 Å². The molecule has 0 aromatic heterocycles. The molecule has 2 unspecified atom stereocenters. The minimum Gasteiger partial charge on any atom is -0.469 e. The van der Waals surface area contributed by atoms with Crippen molar-refractivity contribution >= 4 is 28.4 Å². The summed E-state index contributed by atoms with van der Waals surface area (Å²) in [6.07, 6.45) is 0.108. The van der Waals surface area contributed by atoms with E-state index < -0.39 is 10.8 Å². The molecule has 1 aromatic rings. The van der Waals surface area contributed by atoms with Gasteiger partial charge in [0.05, 0.1) is 30.9 Å². The van der Waals surface area contributed by atoms with Crippen LogP contribution in [-0.2, 0) is 26.1 Å². The first-order valence-electron chi connectivity index (χ1n) is 5.60. The Morgan fingerprint density at radius 3 is 2.79 bits per heavy atom. The zero-order valence-corrected chi connectivity index (χ0v) is 12.3. The van der Waals surface area contributed by atoms with Crippen LogP contribution in [0.4, 0.5) is 0 Å². The van der Waals surface area contributed by atoms with Gasteiger partial charge in [-0.05, 0) is 17.7 Å². The molecule has 1 rings (SSSR count). The number of ether oxygens (including phenoxy) is 1. The van der Waals surface area contributed by atoms with Crippen LogP contribution in [0.25, 0.3) is 0 Å². The summed E-state index contributed by atoms with van der Waals surface area (Å²) in [6, 6.07) is 6.84. The fourth-order valence-corrected chi connectivity index (χ4v) is 2.93. The van der Waals surface area contributed by atoms with Gasteiger partial charge in [-0.15, -0.1) is 0 Å². The first-order valence-corrected chi connectivity index (χ1v) is 7.36. The summed E-state index contributed by atoms with van der Waals surface area (Å²) in [4.78, 5) is 11.1. The van der Waals surface area contributed by atoms with E-state index in [1.165, 1.54) is 7.11 Å². The second kappa shape index (κ2) is 7.27. The standard InChI is InChI=1S/C13H14ClNO3S/c1-9(5-13(16)18-2)19(17)8-11-4-3-10(7-15)6-12(11)14/h3-4,6,9H,5,8H2,1-2H3. The van der Waals surface area contributed by atoms with Crippen LogP contribution in [-0.4, -0.2) is 22.5 Å². The summed E-state index contributed by atoms with van der Waals surface area (Å²) in [7, 11) is 0.0761. The molecule has 102 valence electrons. The summed E-state index contributed by atoms with van der Waals surface area (Å²) < 4.78 is 16.6. The van der Waals surface area contributed by atoms with Crippen molar-refractivity contribution in [3.8, 4) is 6.07 Å². The van der Waals surface area contributed by atoms with Crippen LogP contribution < -0.4 is 0 Å². The summed E-state index contributed by atoms with van der Waals surface area (Å²) >= 11 is 6.01. The molecule has 6 heteroatoms. The van der Waals surface area contributed by atoms with Crippen LogP contribution in [0.1, 0.15) is 24.5 Å². The number of hydrogen-bond donors (Lipinski definition) is 0. The predicted molar refractivity (Wildman–Crippen MR) is 74.1 cm³/mol. The van der Waals surface area contributed by atoms with E-state index >= 15 is 0 Å². The zero-order chi connectivity index (χ0) is 14.4. The molecule has 0 heterocycles. The van der Waals surface area contributed by atoms with E-state index in [4.69, 9.17) is 16.9 Å². The maximum atomic E-state index is 12.1. The second-order valence-electron chi connectivity index (χ2n) is 4.03. The molecule has 0 N–H and O–H groups in total. The lowest BCUT2D eigenvalue weighted by molar-refractivity contribution is -0.140. The van der Waals surface area contributed by atoms with Crippen molar-refractivity contribution in [1.82, 2.24) is 0 Å². The number of carbonyl (C=O) groups is 1. The average Bonchev–Trinajstić information content (AvgIpc) is 2.40. The number of nitrogens with zero attached hydrogens (tertiary/aromatic N) is 1. The molecule has 0 aliphatic rings. The molecule has 2 atom stereocenters. The average molecular weight is 300 g/mol. The van der Waals surface area contributed by atoms with Crippen LogP contribution in [0.3, 0.4) is 0 Å². The maximum absolute atomic E-state index is 12.1. The largest absolute Gasteiger partial charge is 0.469 e. The van der Waals surface area contributed by atoms with Crippen LogP contribution in [0.5, 0.6) is 0 Å². The van der Waals surface area contributed by atoms with Crippen molar-refractivity contribution in [1.29, 1.82) is 5.26 Å². The fourth-order valence-electron chi connectivity index (χ4n) is 1.44. The minimum absolute atomic E-state index is 0.108. The molecule has 0 saturated heterocycles. The minimum atomic E-state index is -1.22. The lowest BCUT2D eigenvalue weighted by Gasteiger charge is -2.11. The van der Waals surface area contributed by atoms with E-state index in [1.54, 1.807) is 25.1 Å². The van der Waals surface area contributed by atoms with Crippen molar-refractivity contribution in [2.24, 2.45) is 0 Å². The van der Waals surface area contributed by atoms with Crippen molar-refractivity contribution in [2.75, 3.05) is 7.11 Å². The van der Waals surface area contributed by atoms with Gasteiger partial charge in [-0.2, -0.15) is 5.26 Å². The Balaban J connectivity index is 2.72.